The normalized spacial score (nSPS) is 20.6. The molecule has 0 amide bonds. The zero-order valence-electron chi connectivity index (χ0n) is 20.2. The van der Waals surface area contributed by atoms with Crippen LogP contribution in [0, 0.1) is 0 Å². The summed E-state index contributed by atoms with van der Waals surface area (Å²) in [5.74, 6) is 2.38. The Balaban J connectivity index is 1.83. The van der Waals surface area contributed by atoms with Gasteiger partial charge in [-0.3, -0.25) is 0 Å². The minimum atomic E-state index is -2.01. The van der Waals surface area contributed by atoms with Gasteiger partial charge in [0, 0.05) is 11.1 Å². The van der Waals surface area contributed by atoms with E-state index in [1.54, 1.807) is 0 Å². The molecule has 2 aromatic carbocycles. The average Bonchev–Trinajstić information content (AvgIpc) is 3.16. The van der Waals surface area contributed by atoms with Gasteiger partial charge in [-0.15, -0.1) is 0 Å². The molecule has 0 radical (unpaired) electrons. The first-order chi connectivity index (χ1) is 14.4. The van der Waals surface area contributed by atoms with Gasteiger partial charge in [-0.2, -0.15) is 0 Å². The quantitative estimate of drug-likeness (QED) is 0.407. The Labute approximate surface area is 191 Å². The molecule has 2 nitrogen and oxygen atoms in total. The number of hydrogen-bond donors (Lipinski definition) is 0. The van der Waals surface area contributed by atoms with Crippen molar-refractivity contribution in [3.8, 4) is 0 Å². The van der Waals surface area contributed by atoms with E-state index >= 15 is 0 Å². The average molecular weight is 465 g/mol. The highest BCUT2D eigenvalue weighted by Crippen LogP contribution is 2.53. The first-order valence-corrected chi connectivity index (χ1v) is 21.3. The lowest BCUT2D eigenvalue weighted by Gasteiger charge is -2.41. The van der Waals surface area contributed by atoms with Crippen LogP contribution in [-0.4, -0.2) is 24.7 Å². The lowest BCUT2D eigenvalue weighted by molar-refractivity contribution is 0.399. The van der Waals surface area contributed by atoms with E-state index in [0.717, 1.165) is 0 Å². The van der Waals surface area contributed by atoms with Crippen LogP contribution < -0.4 is 0 Å². The molecule has 0 saturated carbocycles. The fraction of sp³-hybridized carbons (Fsp3) is 0.385. The van der Waals surface area contributed by atoms with E-state index in [1.165, 1.54) is 33.8 Å². The summed E-state index contributed by atoms with van der Waals surface area (Å²) in [6, 6.07) is 17.8. The maximum absolute atomic E-state index is 6.75. The highest BCUT2D eigenvalue weighted by atomic mass is 28.4. The number of rotatable bonds is 6. The van der Waals surface area contributed by atoms with E-state index < -0.39 is 24.7 Å². The van der Waals surface area contributed by atoms with Crippen LogP contribution in [0.1, 0.15) is 33.3 Å². The van der Waals surface area contributed by atoms with Gasteiger partial charge in [0.1, 0.15) is 0 Å². The van der Waals surface area contributed by atoms with E-state index in [-0.39, 0.29) is 0 Å². The zero-order valence-corrected chi connectivity index (χ0v) is 23.2. The van der Waals surface area contributed by atoms with Crippen LogP contribution in [0.2, 0.25) is 52.4 Å². The minimum absolute atomic E-state index is 0.334. The predicted octanol–water partition coefficient (Wildman–Crippen LogP) is 7.75. The fourth-order valence-electron chi connectivity index (χ4n) is 5.18. The molecule has 2 unspecified atom stereocenters. The van der Waals surface area contributed by atoms with Crippen LogP contribution in [0.25, 0.3) is 12.2 Å². The Morgan fingerprint density at radius 3 is 1.26 bits per heavy atom. The number of hydrogen-bond acceptors (Lipinski definition) is 2. The molecule has 0 spiro atoms. The molecule has 0 heterocycles. The van der Waals surface area contributed by atoms with Crippen molar-refractivity contribution >= 4 is 36.9 Å². The highest BCUT2D eigenvalue weighted by molar-refractivity contribution is 6.82. The van der Waals surface area contributed by atoms with Crippen LogP contribution in [0.5, 0.6) is 0 Å². The van der Waals surface area contributed by atoms with E-state index in [9.17, 15) is 0 Å². The lowest BCUT2D eigenvalue weighted by atomic mass is 10.1. The van der Waals surface area contributed by atoms with Gasteiger partial charge in [0.2, 0.25) is 16.6 Å². The van der Waals surface area contributed by atoms with Crippen molar-refractivity contribution in [2.45, 2.75) is 63.5 Å². The van der Waals surface area contributed by atoms with Gasteiger partial charge in [0.05, 0.1) is 19.6 Å². The molecule has 164 valence electrons. The summed E-state index contributed by atoms with van der Waals surface area (Å²) in [6.45, 7) is 18.8. The zero-order chi connectivity index (χ0) is 22.6. The first-order valence-electron chi connectivity index (χ1n) is 11.4. The second-order valence-corrected chi connectivity index (χ2v) is 25.1. The van der Waals surface area contributed by atoms with Crippen molar-refractivity contribution in [3.63, 3.8) is 0 Å². The largest absolute Gasteiger partial charge is 0.547 e. The molecule has 2 aliphatic rings. The Hall–Kier alpha value is -1.83. The third-order valence-corrected chi connectivity index (χ3v) is 12.0. The minimum Gasteiger partial charge on any atom is -0.547 e. The van der Waals surface area contributed by atoms with Crippen LogP contribution in [0.15, 0.2) is 60.0 Å². The lowest BCUT2D eigenvalue weighted by Crippen LogP contribution is -2.45. The summed E-state index contributed by atoms with van der Waals surface area (Å²) in [5, 5.41) is 0. The molecule has 2 aromatic rings. The van der Waals surface area contributed by atoms with Gasteiger partial charge in [0.25, 0.3) is 0 Å². The third kappa shape index (κ3) is 4.41. The van der Waals surface area contributed by atoms with Gasteiger partial charge in [0.15, 0.2) is 0 Å². The molecule has 0 bridgehead atoms. The smallest absolute Gasteiger partial charge is 0.241 e. The van der Waals surface area contributed by atoms with E-state index in [4.69, 9.17) is 8.85 Å². The van der Waals surface area contributed by atoms with Crippen molar-refractivity contribution < 1.29 is 8.85 Å². The molecular formula is C26H36O2Si3. The van der Waals surface area contributed by atoms with Crippen LogP contribution in [-0.2, 0) is 8.85 Å². The number of benzene rings is 2. The summed E-state index contributed by atoms with van der Waals surface area (Å²) in [4.78, 5) is 0. The van der Waals surface area contributed by atoms with E-state index in [2.05, 4.69) is 113 Å². The van der Waals surface area contributed by atoms with Crippen molar-refractivity contribution in [2.24, 2.45) is 0 Å². The maximum atomic E-state index is 6.75. The van der Waals surface area contributed by atoms with Crippen molar-refractivity contribution in [1.29, 1.82) is 0 Å². The number of allylic oxidation sites excluding steroid dienone is 2. The van der Waals surface area contributed by atoms with E-state index in [0.29, 0.717) is 11.1 Å². The molecule has 0 N–H and O–H groups in total. The Kier molecular flexibility index (Phi) is 5.51. The Morgan fingerprint density at radius 2 is 0.903 bits per heavy atom. The third-order valence-electron chi connectivity index (χ3n) is 6.11. The summed E-state index contributed by atoms with van der Waals surface area (Å²) >= 11 is 0. The molecule has 2 atom stereocenters. The molecule has 0 aliphatic heterocycles. The molecular weight excluding hydrogens is 429 g/mol. The summed E-state index contributed by atoms with van der Waals surface area (Å²) < 4.78 is 13.5. The fourth-order valence-corrected chi connectivity index (χ4v) is 11.4. The van der Waals surface area contributed by atoms with Gasteiger partial charge in [-0.05, 0) is 73.7 Å². The predicted molar refractivity (Wildman–Crippen MR) is 141 cm³/mol. The Morgan fingerprint density at radius 1 is 0.548 bits per heavy atom. The molecule has 2 aliphatic carbocycles. The molecule has 31 heavy (non-hydrogen) atoms. The molecule has 5 heteroatoms. The summed E-state index contributed by atoms with van der Waals surface area (Å²) in [7, 11) is -5.47. The van der Waals surface area contributed by atoms with Crippen molar-refractivity contribution in [1.82, 2.24) is 0 Å². The highest BCUT2D eigenvalue weighted by Gasteiger charge is 2.50. The van der Waals surface area contributed by atoms with E-state index in [1.807, 2.05) is 0 Å². The van der Waals surface area contributed by atoms with Crippen molar-refractivity contribution in [2.75, 3.05) is 0 Å². The molecule has 0 saturated heterocycles. The van der Waals surface area contributed by atoms with Gasteiger partial charge >= 0.3 is 0 Å². The van der Waals surface area contributed by atoms with Crippen LogP contribution in [0.3, 0.4) is 0 Å². The van der Waals surface area contributed by atoms with Crippen molar-refractivity contribution in [3.05, 3.63) is 82.3 Å². The molecule has 0 fully saturated rings. The number of fused-ring (bicyclic) bond motifs is 2. The summed E-state index contributed by atoms with van der Waals surface area (Å²) in [5.41, 5.74) is 6.18. The molecule has 0 aromatic heterocycles. The monoisotopic (exact) mass is 464 g/mol. The van der Waals surface area contributed by atoms with Crippen LogP contribution >= 0.6 is 0 Å². The van der Waals surface area contributed by atoms with Gasteiger partial charge < -0.3 is 8.85 Å². The van der Waals surface area contributed by atoms with Gasteiger partial charge in [-0.1, -0.05) is 61.6 Å². The summed E-state index contributed by atoms with van der Waals surface area (Å²) in [6.07, 6.45) is 4.63. The standard InChI is InChI=1S/C26H36O2Si3/c1-29(2,3)27-23-17-19-13-9-11-15-21(19)25(23)31(7,8)26-22-16-12-10-14-20(22)18-24(26)28-30(4,5)6/h9-18,25-26H,1-8H3. The Bertz CT molecular complexity index is 971. The first kappa shape index (κ1) is 22.4. The second-order valence-electron chi connectivity index (χ2n) is 11.5. The maximum Gasteiger partial charge on any atom is 0.241 e. The second kappa shape index (κ2) is 7.64. The van der Waals surface area contributed by atoms with Crippen LogP contribution in [0.4, 0.5) is 0 Å². The topological polar surface area (TPSA) is 18.5 Å². The van der Waals surface area contributed by atoms with Gasteiger partial charge in [-0.25, -0.2) is 0 Å². The SMILES string of the molecule is C[Si](C)(C)OC1=Cc2ccccc2C1[Si](C)(C)C1C(O[Si](C)(C)C)=Cc2ccccc21. The molecule has 4 rings (SSSR count).